The number of aromatic nitrogens is 1. The summed E-state index contributed by atoms with van der Waals surface area (Å²) in [6.07, 6.45) is 1.36. The van der Waals surface area contributed by atoms with Crippen LogP contribution in [0.3, 0.4) is 0 Å². The second-order valence-corrected chi connectivity index (χ2v) is 8.68. The molecular formula is C24H23N5O4S. The fraction of sp³-hybridized carbons (Fsp3) is 0.208. The third-order valence-electron chi connectivity index (χ3n) is 5.26. The number of carbonyl (C=O) groups excluding carboxylic acids is 4. The van der Waals surface area contributed by atoms with Crippen molar-refractivity contribution < 1.29 is 19.2 Å². The molecular weight excluding hydrogens is 454 g/mol. The first-order valence-corrected chi connectivity index (χ1v) is 11.5. The van der Waals surface area contributed by atoms with Gasteiger partial charge in [0.15, 0.2) is 0 Å². The van der Waals surface area contributed by atoms with Gasteiger partial charge in [0.25, 0.3) is 17.7 Å². The molecule has 34 heavy (non-hydrogen) atoms. The standard InChI is InChI=1S/C24H23N5O4S/c1-15-21(34-24(26-15)17-6-3-2-4-7-17)23(33)28-27-19(30)14-25-22(32)16-9-11-18(12-10-16)29-13-5-8-20(29)31/h2-4,6-7,9-12H,5,8,13-14H2,1H3,(H,25,32)(H,27,30)(H,28,33). The minimum atomic E-state index is -0.577. The van der Waals surface area contributed by atoms with Crippen LogP contribution in [0.2, 0.25) is 0 Å². The van der Waals surface area contributed by atoms with E-state index in [-0.39, 0.29) is 12.5 Å². The van der Waals surface area contributed by atoms with E-state index in [0.717, 1.165) is 17.7 Å². The summed E-state index contributed by atoms with van der Waals surface area (Å²) in [4.78, 5) is 55.2. The third kappa shape index (κ3) is 5.29. The molecule has 0 saturated carbocycles. The van der Waals surface area contributed by atoms with E-state index in [0.29, 0.717) is 34.1 Å². The summed E-state index contributed by atoms with van der Waals surface area (Å²) in [5, 5.41) is 3.21. The molecule has 3 N–H and O–H groups in total. The number of carbonyl (C=O) groups is 4. The SMILES string of the molecule is Cc1nc(-c2ccccc2)sc1C(=O)NNC(=O)CNC(=O)c1ccc(N2CCCC2=O)cc1. The Hall–Kier alpha value is -4.05. The Labute approximate surface area is 200 Å². The highest BCUT2D eigenvalue weighted by molar-refractivity contribution is 7.17. The van der Waals surface area contributed by atoms with Crippen LogP contribution in [0.1, 0.15) is 38.6 Å². The number of nitrogens with one attached hydrogen (secondary N) is 3. The van der Waals surface area contributed by atoms with Crippen LogP contribution in [0.25, 0.3) is 10.6 Å². The summed E-state index contributed by atoms with van der Waals surface area (Å²) in [6.45, 7) is 2.08. The van der Waals surface area contributed by atoms with Gasteiger partial charge in [0, 0.05) is 29.8 Å². The van der Waals surface area contributed by atoms with Crippen molar-refractivity contribution >= 4 is 40.7 Å². The van der Waals surface area contributed by atoms with E-state index in [2.05, 4.69) is 21.2 Å². The Balaban J connectivity index is 1.26. The van der Waals surface area contributed by atoms with Crippen LogP contribution >= 0.6 is 11.3 Å². The fourth-order valence-corrected chi connectivity index (χ4v) is 4.48. The average Bonchev–Trinajstić information content (AvgIpc) is 3.47. The first-order chi connectivity index (χ1) is 16.4. The molecule has 1 aromatic heterocycles. The van der Waals surface area contributed by atoms with Crippen LogP contribution in [0.5, 0.6) is 0 Å². The lowest BCUT2D eigenvalue weighted by atomic mass is 10.2. The Morgan fingerprint density at radius 3 is 2.41 bits per heavy atom. The first kappa shape index (κ1) is 23.1. The van der Waals surface area contributed by atoms with Gasteiger partial charge in [0.1, 0.15) is 9.88 Å². The van der Waals surface area contributed by atoms with Gasteiger partial charge < -0.3 is 10.2 Å². The molecule has 9 nitrogen and oxygen atoms in total. The highest BCUT2D eigenvalue weighted by Crippen LogP contribution is 2.27. The van der Waals surface area contributed by atoms with Crippen molar-refractivity contribution in [3.8, 4) is 10.6 Å². The van der Waals surface area contributed by atoms with Crippen LogP contribution in [-0.4, -0.2) is 41.7 Å². The zero-order chi connectivity index (χ0) is 24.1. The van der Waals surface area contributed by atoms with Crippen LogP contribution in [0, 0.1) is 6.92 Å². The van der Waals surface area contributed by atoms with Crippen molar-refractivity contribution in [1.82, 2.24) is 21.2 Å². The smallest absolute Gasteiger partial charge is 0.281 e. The summed E-state index contributed by atoms with van der Waals surface area (Å²) in [6, 6.07) is 16.1. The van der Waals surface area contributed by atoms with Gasteiger partial charge >= 0.3 is 0 Å². The summed E-state index contributed by atoms with van der Waals surface area (Å²) in [7, 11) is 0. The van der Waals surface area contributed by atoms with Gasteiger partial charge in [-0.25, -0.2) is 4.98 Å². The number of anilines is 1. The summed E-state index contributed by atoms with van der Waals surface area (Å²) >= 11 is 1.23. The molecule has 174 valence electrons. The number of hydrazine groups is 1. The van der Waals surface area contributed by atoms with E-state index in [1.807, 2.05) is 30.3 Å². The molecule has 0 unspecified atom stereocenters. The van der Waals surface area contributed by atoms with Crippen molar-refractivity contribution in [3.05, 3.63) is 70.7 Å². The van der Waals surface area contributed by atoms with Gasteiger partial charge in [-0.2, -0.15) is 0 Å². The largest absolute Gasteiger partial charge is 0.343 e. The van der Waals surface area contributed by atoms with Crippen molar-refractivity contribution in [1.29, 1.82) is 0 Å². The molecule has 1 saturated heterocycles. The number of hydrogen-bond acceptors (Lipinski definition) is 6. The van der Waals surface area contributed by atoms with E-state index >= 15 is 0 Å². The number of rotatable bonds is 6. The summed E-state index contributed by atoms with van der Waals surface area (Å²) < 4.78 is 0. The number of benzene rings is 2. The minimum Gasteiger partial charge on any atom is -0.343 e. The lowest BCUT2D eigenvalue weighted by molar-refractivity contribution is -0.121. The van der Waals surface area contributed by atoms with Gasteiger partial charge in [-0.3, -0.25) is 30.0 Å². The number of hydrogen-bond donors (Lipinski definition) is 3. The second kappa shape index (κ2) is 10.3. The monoisotopic (exact) mass is 477 g/mol. The van der Waals surface area contributed by atoms with E-state index in [4.69, 9.17) is 0 Å². The topological polar surface area (TPSA) is 120 Å². The summed E-state index contributed by atoms with van der Waals surface area (Å²) in [5.74, 6) is -1.43. The van der Waals surface area contributed by atoms with E-state index in [1.165, 1.54) is 11.3 Å². The zero-order valence-corrected chi connectivity index (χ0v) is 19.3. The quantitative estimate of drug-likeness (QED) is 0.471. The van der Waals surface area contributed by atoms with Crippen LogP contribution in [0.15, 0.2) is 54.6 Å². The maximum absolute atomic E-state index is 12.5. The normalized spacial score (nSPS) is 13.0. The minimum absolute atomic E-state index is 0.0701. The van der Waals surface area contributed by atoms with E-state index in [1.54, 1.807) is 36.1 Å². The van der Waals surface area contributed by atoms with Crippen molar-refractivity contribution in [3.63, 3.8) is 0 Å². The van der Waals surface area contributed by atoms with Gasteiger partial charge in [-0.15, -0.1) is 11.3 Å². The molecule has 2 heterocycles. The van der Waals surface area contributed by atoms with E-state index < -0.39 is 17.7 Å². The molecule has 0 spiro atoms. The molecule has 1 aliphatic rings. The molecule has 0 aliphatic carbocycles. The maximum atomic E-state index is 12.5. The zero-order valence-electron chi connectivity index (χ0n) is 18.5. The molecule has 0 atom stereocenters. The summed E-state index contributed by atoms with van der Waals surface area (Å²) in [5.41, 5.74) is 7.22. The van der Waals surface area contributed by atoms with Crippen LogP contribution in [-0.2, 0) is 9.59 Å². The Bertz CT molecular complexity index is 1220. The molecule has 10 heteroatoms. The molecule has 1 aliphatic heterocycles. The molecule has 2 aromatic carbocycles. The predicted molar refractivity (Wildman–Crippen MR) is 128 cm³/mol. The molecule has 3 aromatic rings. The Morgan fingerprint density at radius 2 is 1.74 bits per heavy atom. The number of aryl methyl sites for hydroxylation is 1. The maximum Gasteiger partial charge on any atom is 0.281 e. The Morgan fingerprint density at radius 1 is 1.00 bits per heavy atom. The predicted octanol–water partition coefficient (Wildman–Crippen LogP) is 2.44. The van der Waals surface area contributed by atoms with Crippen LogP contribution < -0.4 is 21.1 Å². The van der Waals surface area contributed by atoms with Crippen molar-refractivity contribution in [2.24, 2.45) is 0 Å². The van der Waals surface area contributed by atoms with Gasteiger partial charge in [0.05, 0.1) is 12.2 Å². The van der Waals surface area contributed by atoms with Crippen molar-refractivity contribution in [2.75, 3.05) is 18.0 Å². The average molecular weight is 478 g/mol. The molecule has 4 amide bonds. The highest BCUT2D eigenvalue weighted by atomic mass is 32.1. The first-order valence-electron chi connectivity index (χ1n) is 10.7. The lowest BCUT2D eigenvalue weighted by Crippen LogP contribution is -2.46. The van der Waals surface area contributed by atoms with Crippen molar-refractivity contribution in [2.45, 2.75) is 19.8 Å². The second-order valence-electron chi connectivity index (χ2n) is 7.68. The highest BCUT2D eigenvalue weighted by Gasteiger charge is 2.22. The van der Waals surface area contributed by atoms with Crippen LogP contribution in [0.4, 0.5) is 5.69 Å². The molecule has 4 rings (SSSR count). The Kier molecular flexibility index (Phi) is 6.98. The van der Waals surface area contributed by atoms with E-state index in [9.17, 15) is 19.2 Å². The number of thiazole rings is 1. The van der Waals surface area contributed by atoms with Gasteiger partial charge in [-0.05, 0) is 37.6 Å². The number of nitrogens with zero attached hydrogens (tertiary/aromatic N) is 2. The number of amides is 4. The molecule has 1 fully saturated rings. The molecule has 0 radical (unpaired) electrons. The lowest BCUT2D eigenvalue weighted by Gasteiger charge is -2.15. The fourth-order valence-electron chi connectivity index (χ4n) is 3.52. The molecule has 0 bridgehead atoms. The third-order valence-corrected chi connectivity index (χ3v) is 6.47. The van der Waals surface area contributed by atoms with Gasteiger partial charge in [0.2, 0.25) is 5.91 Å². The van der Waals surface area contributed by atoms with Gasteiger partial charge in [-0.1, -0.05) is 30.3 Å².